The van der Waals surface area contributed by atoms with Crippen molar-refractivity contribution < 1.29 is 36.5 Å². The molecule has 0 radical (unpaired) electrons. The summed E-state index contributed by atoms with van der Waals surface area (Å²) in [4.78, 5) is 11.6. The predicted octanol–water partition coefficient (Wildman–Crippen LogP) is 0.0271. The number of β-amino-alcohol motifs (C(OH)–C–C–N with tert-alkyl or cyclic N) is 1. The van der Waals surface area contributed by atoms with Crippen LogP contribution in [-0.2, 0) is 22.4 Å². The van der Waals surface area contributed by atoms with Gasteiger partial charge in [-0.1, -0.05) is 18.2 Å². The van der Waals surface area contributed by atoms with E-state index in [1.54, 1.807) is 32.2 Å². The number of nitrogens with zero attached hydrogens (tertiary/aromatic N) is 1. The summed E-state index contributed by atoms with van der Waals surface area (Å²) in [6.07, 6.45) is 0.125. The van der Waals surface area contributed by atoms with Crippen LogP contribution in [0.4, 0.5) is 0 Å². The molecule has 0 aliphatic heterocycles. The van der Waals surface area contributed by atoms with Gasteiger partial charge in [-0.25, -0.2) is 0 Å². The monoisotopic (exact) mass is 475 g/mol. The van der Waals surface area contributed by atoms with E-state index in [0.717, 1.165) is 17.7 Å². The number of hydrogen-bond acceptors (Lipinski definition) is 7. The Labute approximate surface area is 202 Å². The Balaban J connectivity index is 0.00000544. The van der Waals surface area contributed by atoms with Crippen LogP contribution in [0.2, 0.25) is 0 Å². The summed E-state index contributed by atoms with van der Waals surface area (Å²) in [5.74, 6) is 0.846. The van der Waals surface area contributed by atoms with Crippen molar-refractivity contribution >= 4 is 5.97 Å². The Morgan fingerprint density at radius 3 is 2.45 bits per heavy atom. The number of benzene rings is 2. The molecule has 1 atom stereocenters. The molecule has 180 valence electrons. The standard InChI is InChI=1S/C25H32N2O5.ClH/c1-5-31-24(29)13-19-8-11-23(20(12-19)15-26)32-17-21(28)16-27-25(2,3)14-18-6-9-22(30-4)10-7-18;/h6-12,21,27-28H,5,13-14,16-17H2,1-4H3;1H/p-1. The van der Waals surface area contributed by atoms with Crippen LogP contribution < -0.4 is 27.2 Å². The predicted molar refractivity (Wildman–Crippen MR) is 122 cm³/mol. The van der Waals surface area contributed by atoms with Gasteiger partial charge in [-0.2, -0.15) is 5.26 Å². The van der Waals surface area contributed by atoms with E-state index >= 15 is 0 Å². The molecule has 2 aromatic rings. The zero-order valence-corrected chi connectivity index (χ0v) is 20.3. The van der Waals surface area contributed by atoms with Crippen LogP contribution >= 0.6 is 0 Å². The van der Waals surface area contributed by atoms with E-state index in [1.807, 2.05) is 24.3 Å². The first-order valence-corrected chi connectivity index (χ1v) is 10.6. The number of nitrogens with one attached hydrogen (secondary N) is 1. The molecule has 0 aliphatic rings. The van der Waals surface area contributed by atoms with Crippen LogP contribution in [0.5, 0.6) is 11.5 Å². The van der Waals surface area contributed by atoms with E-state index in [-0.39, 0.29) is 36.9 Å². The first-order chi connectivity index (χ1) is 15.3. The van der Waals surface area contributed by atoms with Gasteiger partial charge in [0.2, 0.25) is 0 Å². The summed E-state index contributed by atoms with van der Waals surface area (Å²) in [6.45, 7) is 6.58. The number of rotatable bonds is 12. The summed E-state index contributed by atoms with van der Waals surface area (Å²) in [5.41, 5.74) is 1.92. The summed E-state index contributed by atoms with van der Waals surface area (Å²) in [7, 11) is 1.64. The molecule has 2 aromatic carbocycles. The summed E-state index contributed by atoms with van der Waals surface area (Å²) in [5, 5.41) is 23.1. The number of carbonyl (C=O) groups is 1. The van der Waals surface area contributed by atoms with Crippen molar-refractivity contribution in [3.8, 4) is 17.6 Å². The van der Waals surface area contributed by atoms with Gasteiger partial charge in [-0.15, -0.1) is 0 Å². The SMILES string of the molecule is CCOC(=O)Cc1ccc(OCC(O)CNC(C)(C)Cc2ccc(OC)cc2)c(C#N)c1.[Cl-]. The third-order valence-corrected chi connectivity index (χ3v) is 4.87. The second kappa shape index (κ2) is 13.7. The van der Waals surface area contributed by atoms with E-state index in [9.17, 15) is 15.2 Å². The molecule has 2 N–H and O–H groups in total. The number of ether oxygens (including phenoxy) is 3. The van der Waals surface area contributed by atoms with Crippen LogP contribution in [0.15, 0.2) is 42.5 Å². The fourth-order valence-electron chi connectivity index (χ4n) is 3.23. The Hall–Kier alpha value is -2.79. The maximum atomic E-state index is 11.6. The largest absolute Gasteiger partial charge is 1.00 e. The third kappa shape index (κ3) is 9.70. The zero-order valence-electron chi connectivity index (χ0n) is 19.6. The molecular formula is C25H32ClN2O5-. The third-order valence-electron chi connectivity index (χ3n) is 4.87. The highest BCUT2D eigenvalue weighted by Gasteiger charge is 2.20. The van der Waals surface area contributed by atoms with Gasteiger partial charge in [-0.05, 0) is 62.6 Å². The Morgan fingerprint density at radius 1 is 1.18 bits per heavy atom. The van der Waals surface area contributed by atoms with Gasteiger partial charge in [0.05, 0.1) is 25.7 Å². The van der Waals surface area contributed by atoms with E-state index in [2.05, 4.69) is 25.2 Å². The summed E-state index contributed by atoms with van der Waals surface area (Å²) >= 11 is 0. The lowest BCUT2D eigenvalue weighted by Gasteiger charge is -2.28. The number of halogens is 1. The van der Waals surface area contributed by atoms with E-state index < -0.39 is 6.10 Å². The molecule has 0 fully saturated rings. The van der Waals surface area contributed by atoms with Gasteiger partial charge in [0.15, 0.2) is 0 Å². The number of aliphatic hydroxyl groups is 1. The van der Waals surface area contributed by atoms with Gasteiger partial charge in [0.1, 0.15) is 30.3 Å². The first kappa shape index (κ1) is 28.2. The Morgan fingerprint density at radius 2 is 1.85 bits per heavy atom. The molecule has 0 bridgehead atoms. The molecule has 0 heterocycles. The fourth-order valence-corrected chi connectivity index (χ4v) is 3.23. The van der Waals surface area contributed by atoms with Crippen LogP contribution in [0.3, 0.4) is 0 Å². The van der Waals surface area contributed by atoms with Crippen LogP contribution in [0.1, 0.15) is 37.5 Å². The summed E-state index contributed by atoms with van der Waals surface area (Å²) < 4.78 is 15.8. The lowest BCUT2D eigenvalue weighted by Crippen LogP contribution is -3.00. The van der Waals surface area contributed by atoms with Gasteiger partial charge in [0, 0.05) is 12.1 Å². The molecule has 0 saturated carbocycles. The number of methoxy groups -OCH3 is 1. The molecule has 8 heteroatoms. The van der Waals surface area contributed by atoms with Crippen molar-refractivity contribution in [2.45, 2.75) is 45.3 Å². The smallest absolute Gasteiger partial charge is 0.310 e. The highest BCUT2D eigenvalue weighted by atomic mass is 35.5. The number of aliphatic hydroxyl groups excluding tert-OH is 1. The van der Waals surface area contributed by atoms with Crippen molar-refractivity contribution in [3.63, 3.8) is 0 Å². The van der Waals surface area contributed by atoms with Crippen molar-refractivity contribution in [1.82, 2.24) is 5.32 Å². The van der Waals surface area contributed by atoms with Crippen molar-refractivity contribution in [2.75, 3.05) is 26.9 Å². The molecule has 2 rings (SSSR count). The minimum Gasteiger partial charge on any atom is -1.00 e. The highest BCUT2D eigenvalue weighted by molar-refractivity contribution is 5.72. The second-order valence-corrected chi connectivity index (χ2v) is 8.18. The Bertz CT molecular complexity index is 925. The normalized spacial score (nSPS) is 11.6. The van der Waals surface area contributed by atoms with Crippen molar-refractivity contribution in [1.29, 1.82) is 5.26 Å². The average Bonchev–Trinajstić information content (AvgIpc) is 2.77. The van der Waals surface area contributed by atoms with E-state index in [4.69, 9.17) is 14.2 Å². The Kier molecular flexibility index (Phi) is 11.7. The minimum absolute atomic E-state index is 0. The lowest BCUT2D eigenvalue weighted by molar-refractivity contribution is -0.142. The molecule has 1 unspecified atom stereocenters. The number of hydrogen-bond donors (Lipinski definition) is 2. The van der Waals surface area contributed by atoms with Crippen molar-refractivity contribution in [2.24, 2.45) is 0 Å². The van der Waals surface area contributed by atoms with Crippen LogP contribution in [0.25, 0.3) is 0 Å². The summed E-state index contributed by atoms with van der Waals surface area (Å²) in [6, 6.07) is 14.9. The molecule has 0 saturated heterocycles. The molecular weight excluding hydrogens is 444 g/mol. The number of esters is 1. The lowest BCUT2D eigenvalue weighted by atomic mass is 9.94. The molecule has 7 nitrogen and oxygen atoms in total. The minimum atomic E-state index is -0.754. The molecule has 0 amide bonds. The molecule has 0 aromatic heterocycles. The van der Waals surface area contributed by atoms with E-state index in [0.29, 0.717) is 30.0 Å². The fraction of sp³-hybridized carbons (Fsp3) is 0.440. The maximum Gasteiger partial charge on any atom is 0.310 e. The second-order valence-electron chi connectivity index (χ2n) is 8.18. The van der Waals surface area contributed by atoms with Gasteiger partial charge < -0.3 is 37.0 Å². The number of carbonyl (C=O) groups excluding carboxylic acids is 1. The quantitative estimate of drug-likeness (QED) is 0.417. The average molecular weight is 476 g/mol. The van der Waals surface area contributed by atoms with Crippen LogP contribution in [0, 0.1) is 11.3 Å². The number of nitriles is 1. The van der Waals surface area contributed by atoms with Crippen LogP contribution in [-0.4, -0.2) is 49.6 Å². The van der Waals surface area contributed by atoms with Gasteiger partial charge in [-0.3, -0.25) is 4.79 Å². The van der Waals surface area contributed by atoms with Gasteiger partial charge >= 0.3 is 5.97 Å². The molecule has 0 spiro atoms. The first-order valence-electron chi connectivity index (χ1n) is 10.6. The molecule has 0 aliphatic carbocycles. The maximum absolute atomic E-state index is 11.6. The van der Waals surface area contributed by atoms with Crippen molar-refractivity contribution in [3.05, 3.63) is 59.2 Å². The topological polar surface area (TPSA) is 101 Å². The van der Waals surface area contributed by atoms with E-state index in [1.165, 1.54) is 0 Å². The zero-order chi connectivity index (χ0) is 23.6. The highest BCUT2D eigenvalue weighted by Crippen LogP contribution is 2.21. The van der Waals surface area contributed by atoms with Gasteiger partial charge in [0.25, 0.3) is 0 Å². The molecule has 33 heavy (non-hydrogen) atoms.